The third-order valence-corrected chi connectivity index (χ3v) is 4.09. The van der Waals surface area contributed by atoms with E-state index in [1.54, 1.807) is 0 Å². The normalized spacial score (nSPS) is 17.1. The van der Waals surface area contributed by atoms with Gasteiger partial charge in [-0.05, 0) is 46.2 Å². The monoisotopic (exact) mass is 264 g/mol. The minimum atomic E-state index is 0.632. The fourth-order valence-corrected chi connectivity index (χ4v) is 2.43. The summed E-state index contributed by atoms with van der Waals surface area (Å²) in [6.45, 7) is 8.48. The number of nitrogens with one attached hydrogen (secondary N) is 1. The number of hydrogen-bond acceptors (Lipinski definition) is 3. The van der Waals surface area contributed by atoms with Crippen LogP contribution < -0.4 is 5.32 Å². The first-order valence-electron chi connectivity index (χ1n) is 7.62. The molecule has 1 saturated carbocycles. The maximum absolute atomic E-state index is 5.84. The molecule has 1 atom stereocenters. The van der Waals surface area contributed by atoms with E-state index in [1.165, 1.54) is 31.2 Å². The number of furan rings is 1. The van der Waals surface area contributed by atoms with Crippen molar-refractivity contribution in [2.24, 2.45) is 0 Å². The summed E-state index contributed by atoms with van der Waals surface area (Å²) >= 11 is 0. The Morgan fingerprint density at radius 3 is 2.84 bits per heavy atom. The molecule has 0 bridgehead atoms. The Morgan fingerprint density at radius 2 is 2.21 bits per heavy atom. The Morgan fingerprint density at radius 1 is 1.47 bits per heavy atom. The van der Waals surface area contributed by atoms with Crippen LogP contribution in [0.2, 0.25) is 0 Å². The van der Waals surface area contributed by atoms with Gasteiger partial charge in [0.25, 0.3) is 0 Å². The van der Waals surface area contributed by atoms with Crippen LogP contribution in [-0.2, 0) is 13.1 Å². The van der Waals surface area contributed by atoms with Crippen LogP contribution >= 0.6 is 0 Å². The van der Waals surface area contributed by atoms with Gasteiger partial charge in [0.1, 0.15) is 11.5 Å². The summed E-state index contributed by atoms with van der Waals surface area (Å²) in [7, 11) is 2.20. The Hall–Kier alpha value is -0.800. The molecule has 0 spiro atoms. The van der Waals surface area contributed by atoms with Crippen LogP contribution in [0.15, 0.2) is 10.5 Å². The van der Waals surface area contributed by atoms with Gasteiger partial charge in [-0.15, -0.1) is 0 Å². The lowest BCUT2D eigenvalue weighted by Crippen LogP contribution is -2.28. The van der Waals surface area contributed by atoms with E-state index in [2.05, 4.69) is 44.1 Å². The van der Waals surface area contributed by atoms with E-state index < -0.39 is 0 Å². The first kappa shape index (κ1) is 14.6. The lowest BCUT2D eigenvalue weighted by molar-refractivity contribution is 0.235. The molecule has 0 amide bonds. The van der Waals surface area contributed by atoms with Crippen molar-refractivity contribution in [1.82, 2.24) is 10.2 Å². The zero-order valence-corrected chi connectivity index (χ0v) is 12.8. The molecule has 1 aromatic heterocycles. The second kappa shape index (κ2) is 6.58. The molecule has 19 heavy (non-hydrogen) atoms. The van der Waals surface area contributed by atoms with Crippen LogP contribution in [0.3, 0.4) is 0 Å². The van der Waals surface area contributed by atoms with E-state index >= 15 is 0 Å². The summed E-state index contributed by atoms with van der Waals surface area (Å²) in [5.41, 5.74) is 1.33. The predicted octanol–water partition coefficient (Wildman–Crippen LogP) is 3.46. The highest BCUT2D eigenvalue weighted by Gasteiger charge is 2.21. The average Bonchev–Trinajstić information content (AvgIpc) is 3.13. The highest BCUT2D eigenvalue weighted by Crippen LogP contribution is 2.21. The first-order chi connectivity index (χ1) is 9.10. The minimum Gasteiger partial charge on any atom is -0.465 e. The van der Waals surface area contributed by atoms with E-state index in [0.717, 1.165) is 30.7 Å². The second-order valence-corrected chi connectivity index (χ2v) is 6.00. The molecular formula is C16H28N2O. The molecule has 1 aliphatic carbocycles. The van der Waals surface area contributed by atoms with Gasteiger partial charge >= 0.3 is 0 Å². The second-order valence-electron chi connectivity index (χ2n) is 6.00. The summed E-state index contributed by atoms with van der Waals surface area (Å²) < 4.78 is 5.84. The van der Waals surface area contributed by atoms with E-state index in [9.17, 15) is 0 Å². The quantitative estimate of drug-likeness (QED) is 0.779. The van der Waals surface area contributed by atoms with E-state index in [-0.39, 0.29) is 0 Å². The molecule has 0 aliphatic heterocycles. The summed E-state index contributed by atoms with van der Waals surface area (Å²) in [6.07, 6.45) is 5.14. The highest BCUT2D eigenvalue weighted by atomic mass is 16.3. The lowest BCUT2D eigenvalue weighted by Gasteiger charge is -2.23. The Kier molecular flexibility index (Phi) is 5.06. The number of nitrogens with zero attached hydrogens (tertiary/aromatic N) is 1. The predicted molar refractivity (Wildman–Crippen MR) is 79.1 cm³/mol. The van der Waals surface area contributed by atoms with E-state index in [0.29, 0.717) is 6.04 Å². The molecule has 0 saturated heterocycles. The summed E-state index contributed by atoms with van der Waals surface area (Å²) in [6, 6.07) is 3.59. The van der Waals surface area contributed by atoms with Crippen LogP contribution in [0.5, 0.6) is 0 Å². The smallest absolute Gasteiger partial charge is 0.118 e. The Balaban J connectivity index is 1.87. The molecule has 1 N–H and O–H groups in total. The number of aryl methyl sites for hydroxylation is 1. The maximum Gasteiger partial charge on any atom is 0.118 e. The van der Waals surface area contributed by atoms with Crippen molar-refractivity contribution < 1.29 is 4.42 Å². The molecule has 1 fully saturated rings. The van der Waals surface area contributed by atoms with Crippen LogP contribution in [0.25, 0.3) is 0 Å². The van der Waals surface area contributed by atoms with Crippen molar-refractivity contribution in [1.29, 1.82) is 0 Å². The molecular weight excluding hydrogens is 236 g/mol. The molecule has 3 nitrogen and oxygen atoms in total. The van der Waals surface area contributed by atoms with Gasteiger partial charge in [0.15, 0.2) is 0 Å². The largest absolute Gasteiger partial charge is 0.465 e. The molecule has 1 heterocycles. The fourth-order valence-electron chi connectivity index (χ4n) is 2.43. The zero-order valence-electron chi connectivity index (χ0n) is 12.8. The van der Waals surface area contributed by atoms with Gasteiger partial charge in [0.05, 0.1) is 6.54 Å². The van der Waals surface area contributed by atoms with E-state index in [1.807, 2.05) is 0 Å². The van der Waals surface area contributed by atoms with Gasteiger partial charge in [-0.1, -0.05) is 13.3 Å². The molecule has 0 radical (unpaired) electrons. The molecule has 1 unspecified atom stereocenters. The van der Waals surface area contributed by atoms with Crippen molar-refractivity contribution in [3.05, 3.63) is 23.2 Å². The van der Waals surface area contributed by atoms with Gasteiger partial charge in [-0.2, -0.15) is 0 Å². The molecule has 1 aliphatic rings. The fraction of sp³-hybridized carbons (Fsp3) is 0.750. The molecule has 1 aromatic rings. The van der Waals surface area contributed by atoms with Crippen molar-refractivity contribution >= 4 is 0 Å². The van der Waals surface area contributed by atoms with E-state index in [4.69, 9.17) is 4.42 Å². The molecule has 108 valence electrons. The SMILES string of the molecule is CCCC(C)N(C)Cc1cc(CNC2CC2)oc1C. The Labute approximate surface area is 117 Å². The van der Waals surface area contributed by atoms with Gasteiger partial charge in [0.2, 0.25) is 0 Å². The van der Waals surface area contributed by atoms with Gasteiger partial charge < -0.3 is 9.73 Å². The van der Waals surface area contributed by atoms with Gasteiger partial charge in [-0.3, -0.25) is 4.90 Å². The standard InChI is InChI=1S/C16H28N2O/c1-5-6-12(2)18(4)11-14-9-16(19-13(14)3)10-17-15-7-8-15/h9,12,15,17H,5-8,10-11H2,1-4H3. The highest BCUT2D eigenvalue weighted by molar-refractivity contribution is 5.21. The van der Waals surface area contributed by atoms with Crippen molar-refractivity contribution in [2.75, 3.05) is 7.05 Å². The maximum atomic E-state index is 5.84. The number of rotatable bonds is 8. The molecule has 2 rings (SSSR count). The number of hydrogen-bond donors (Lipinski definition) is 1. The third kappa shape index (κ3) is 4.36. The van der Waals surface area contributed by atoms with Crippen molar-refractivity contribution in [2.45, 2.75) is 71.6 Å². The summed E-state index contributed by atoms with van der Waals surface area (Å²) in [5, 5.41) is 3.50. The molecule has 0 aromatic carbocycles. The van der Waals surface area contributed by atoms with Crippen molar-refractivity contribution in [3.63, 3.8) is 0 Å². The lowest BCUT2D eigenvalue weighted by atomic mass is 10.1. The summed E-state index contributed by atoms with van der Waals surface area (Å²) in [5.74, 6) is 2.15. The van der Waals surface area contributed by atoms with Crippen LogP contribution in [0, 0.1) is 6.92 Å². The van der Waals surface area contributed by atoms with Crippen molar-refractivity contribution in [3.8, 4) is 0 Å². The first-order valence-corrected chi connectivity index (χ1v) is 7.62. The van der Waals surface area contributed by atoms with Gasteiger partial charge in [0, 0.05) is 24.2 Å². The Bertz CT molecular complexity index is 395. The molecule has 3 heteroatoms. The average molecular weight is 264 g/mol. The minimum absolute atomic E-state index is 0.632. The van der Waals surface area contributed by atoms with Crippen LogP contribution in [0.1, 0.15) is 56.6 Å². The van der Waals surface area contributed by atoms with Crippen LogP contribution in [-0.4, -0.2) is 24.0 Å². The topological polar surface area (TPSA) is 28.4 Å². The summed E-state index contributed by atoms with van der Waals surface area (Å²) in [4.78, 5) is 2.42. The zero-order chi connectivity index (χ0) is 13.8. The third-order valence-electron chi connectivity index (χ3n) is 4.09. The van der Waals surface area contributed by atoms with Gasteiger partial charge in [-0.25, -0.2) is 0 Å². The van der Waals surface area contributed by atoms with Crippen LogP contribution in [0.4, 0.5) is 0 Å².